The second-order valence-electron chi connectivity index (χ2n) is 5.13. The lowest BCUT2D eigenvalue weighted by Crippen LogP contribution is -2.07. The topological polar surface area (TPSA) is 57.5 Å². The minimum atomic E-state index is -4.12. The van der Waals surface area contributed by atoms with E-state index in [1.165, 1.54) is 12.1 Å². The molecule has 3 nitrogen and oxygen atoms in total. The molecule has 0 aliphatic carbocycles. The highest BCUT2D eigenvalue weighted by Crippen LogP contribution is 2.38. The van der Waals surface area contributed by atoms with E-state index in [0.717, 1.165) is 0 Å². The van der Waals surface area contributed by atoms with E-state index in [1.54, 1.807) is 36.4 Å². The summed E-state index contributed by atoms with van der Waals surface area (Å²) in [5.41, 5.74) is 0.664. The van der Waals surface area contributed by atoms with Crippen LogP contribution >= 0.6 is 7.60 Å². The van der Waals surface area contributed by atoms with Gasteiger partial charge in [-0.2, -0.15) is 0 Å². The Kier molecular flexibility index (Phi) is 5.46. The van der Waals surface area contributed by atoms with Crippen molar-refractivity contribution >= 4 is 7.60 Å². The molecule has 0 aliphatic rings. The second-order valence-corrected chi connectivity index (χ2v) is 6.90. The molecule has 0 aliphatic heterocycles. The SMILES string of the molecule is O=P(O)(O)CCCC(c1ccccc1F)c1ccccc1F. The quantitative estimate of drug-likeness (QED) is 0.787. The molecule has 0 aromatic heterocycles. The Bertz CT molecular complexity index is 639. The zero-order valence-electron chi connectivity index (χ0n) is 11.8. The summed E-state index contributed by atoms with van der Waals surface area (Å²) in [6.07, 6.45) is 0.136. The monoisotopic (exact) mass is 326 g/mol. The van der Waals surface area contributed by atoms with Crippen LogP contribution in [-0.2, 0) is 4.57 Å². The minimum Gasteiger partial charge on any atom is -0.324 e. The molecule has 0 atom stereocenters. The van der Waals surface area contributed by atoms with Crippen LogP contribution in [0.1, 0.15) is 29.9 Å². The number of benzene rings is 2. The highest BCUT2D eigenvalue weighted by atomic mass is 31.2. The zero-order valence-corrected chi connectivity index (χ0v) is 12.7. The minimum absolute atomic E-state index is 0.178. The van der Waals surface area contributed by atoms with Gasteiger partial charge in [-0.25, -0.2) is 8.78 Å². The summed E-state index contributed by atoms with van der Waals surface area (Å²) in [7, 11) is -4.12. The smallest absolute Gasteiger partial charge is 0.324 e. The molecule has 2 aromatic carbocycles. The molecule has 0 saturated carbocycles. The van der Waals surface area contributed by atoms with Gasteiger partial charge in [-0.3, -0.25) is 4.57 Å². The summed E-state index contributed by atoms with van der Waals surface area (Å²) in [5.74, 6) is -1.48. The summed E-state index contributed by atoms with van der Waals surface area (Å²) < 4.78 is 39.1. The van der Waals surface area contributed by atoms with Crippen LogP contribution in [0, 0.1) is 11.6 Å². The molecular formula is C16H17F2O3P. The van der Waals surface area contributed by atoms with Crippen LogP contribution in [0.3, 0.4) is 0 Å². The predicted molar refractivity (Wildman–Crippen MR) is 80.8 cm³/mol. The first kappa shape index (κ1) is 16.8. The molecule has 6 heteroatoms. The van der Waals surface area contributed by atoms with E-state index >= 15 is 0 Å². The molecule has 2 aromatic rings. The van der Waals surface area contributed by atoms with Crippen LogP contribution < -0.4 is 0 Å². The number of halogens is 2. The Morgan fingerprint density at radius 3 is 1.77 bits per heavy atom. The number of rotatable bonds is 6. The Morgan fingerprint density at radius 1 is 0.909 bits per heavy atom. The van der Waals surface area contributed by atoms with Gasteiger partial charge in [0.15, 0.2) is 0 Å². The molecular weight excluding hydrogens is 309 g/mol. The average molecular weight is 326 g/mol. The molecule has 0 radical (unpaired) electrons. The Hall–Kier alpha value is -1.55. The Morgan fingerprint density at radius 2 is 1.36 bits per heavy atom. The third-order valence-electron chi connectivity index (χ3n) is 3.50. The molecule has 22 heavy (non-hydrogen) atoms. The normalized spacial score (nSPS) is 11.9. The fraction of sp³-hybridized carbons (Fsp3) is 0.250. The fourth-order valence-electron chi connectivity index (χ4n) is 2.50. The molecule has 2 rings (SSSR count). The van der Waals surface area contributed by atoms with Crippen molar-refractivity contribution in [2.75, 3.05) is 6.16 Å². The molecule has 0 fully saturated rings. The van der Waals surface area contributed by atoms with Crippen LogP contribution in [0.25, 0.3) is 0 Å². The van der Waals surface area contributed by atoms with Crippen molar-refractivity contribution in [1.29, 1.82) is 0 Å². The molecule has 0 bridgehead atoms. The third-order valence-corrected chi connectivity index (χ3v) is 4.40. The first-order chi connectivity index (χ1) is 10.4. The average Bonchev–Trinajstić information content (AvgIpc) is 2.45. The summed E-state index contributed by atoms with van der Waals surface area (Å²) >= 11 is 0. The van der Waals surface area contributed by atoms with Crippen molar-refractivity contribution in [2.24, 2.45) is 0 Å². The van der Waals surface area contributed by atoms with Crippen molar-refractivity contribution < 1.29 is 23.1 Å². The second kappa shape index (κ2) is 7.14. The molecule has 0 saturated heterocycles. The third kappa shape index (κ3) is 4.47. The van der Waals surface area contributed by atoms with E-state index in [0.29, 0.717) is 11.1 Å². The maximum Gasteiger partial charge on any atom is 0.325 e. The Labute approximate surface area is 127 Å². The van der Waals surface area contributed by atoms with Gasteiger partial charge in [0.1, 0.15) is 11.6 Å². The van der Waals surface area contributed by atoms with E-state index in [1.807, 2.05) is 0 Å². The highest BCUT2D eigenvalue weighted by Gasteiger charge is 2.22. The van der Waals surface area contributed by atoms with E-state index in [-0.39, 0.29) is 19.0 Å². The van der Waals surface area contributed by atoms with E-state index in [2.05, 4.69) is 0 Å². The largest absolute Gasteiger partial charge is 0.325 e. The van der Waals surface area contributed by atoms with Crippen molar-refractivity contribution in [3.8, 4) is 0 Å². The maximum absolute atomic E-state index is 14.0. The Balaban J connectivity index is 2.31. The van der Waals surface area contributed by atoms with Gasteiger partial charge in [-0.05, 0) is 36.1 Å². The van der Waals surface area contributed by atoms with Crippen LogP contribution in [0.15, 0.2) is 48.5 Å². The summed E-state index contributed by atoms with van der Waals surface area (Å²) in [4.78, 5) is 17.9. The first-order valence-electron chi connectivity index (χ1n) is 6.92. The summed E-state index contributed by atoms with van der Waals surface area (Å²) in [5, 5.41) is 0. The molecule has 2 N–H and O–H groups in total. The highest BCUT2D eigenvalue weighted by molar-refractivity contribution is 7.51. The number of hydrogen-bond donors (Lipinski definition) is 2. The van der Waals surface area contributed by atoms with Crippen molar-refractivity contribution in [3.63, 3.8) is 0 Å². The van der Waals surface area contributed by atoms with Gasteiger partial charge in [0.05, 0.1) is 0 Å². The predicted octanol–water partition coefficient (Wildman–Crippen LogP) is 4.05. The van der Waals surface area contributed by atoms with Crippen molar-refractivity contribution in [1.82, 2.24) is 0 Å². The van der Waals surface area contributed by atoms with Crippen LogP contribution in [0.5, 0.6) is 0 Å². The summed E-state index contributed by atoms with van der Waals surface area (Å²) in [6, 6.07) is 12.2. The molecule has 0 unspecified atom stereocenters. The lowest BCUT2D eigenvalue weighted by Gasteiger charge is -2.19. The van der Waals surface area contributed by atoms with Gasteiger partial charge < -0.3 is 9.79 Å². The molecule has 0 amide bonds. The summed E-state index contributed by atoms with van der Waals surface area (Å²) in [6.45, 7) is 0. The van der Waals surface area contributed by atoms with E-state index in [9.17, 15) is 13.3 Å². The van der Waals surface area contributed by atoms with Gasteiger partial charge in [0, 0.05) is 12.1 Å². The number of hydrogen-bond acceptors (Lipinski definition) is 1. The molecule has 118 valence electrons. The van der Waals surface area contributed by atoms with Gasteiger partial charge in [0.2, 0.25) is 0 Å². The standard InChI is InChI=1S/C16H17F2O3P/c17-15-9-3-1-6-13(15)12(8-5-11-22(19,20)21)14-7-2-4-10-16(14)18/h1-4,6-7,9-10,12H,5,8,11H2,(H2,19,20,21). The fourth-order valence-corrected chi connectivity index (χ4v) is 3.09. The lowest BCUT2D eigenvalue weighted by atomic mass is 9.87. The van der Waals surface area contributed by atoms with Crippen molar-refractivity contribution in [2.45, 2.75) is 18.8 Å². The van der Waals surface area contributed by atoms with E-state index in [4.69, 9.17) is 9.79 Å². The van der Waals surface area contributed by atoms with Gasteiger partial charge in [-0.1, -0.05) is 36.4 Å². The van der Waals surface area contributed by atoms with Gasteiger partial charge >= 0.3 is 7.60 Å². The zero-order chi connectivity index (χ0) is 16.2. The maximum atomic E-state index is 14.0. The van der Waals surface area contributed by atoms with Crippen molar-refractivity contribution in [3.05, 3.63) is 71.3 Å². The van der Waals surface area contributed by atoms with Gasteiger partial charge in [-0.15, -0.1) is 0 Å². The van der Waals surface area contributed by atoms with Gasteiger partial charge in [0.25, 0.3) is 0 Å². The van der Waals surface area contributed by atoms with Crippen LogP contribution in [0.4, 0.5) is 8.78 Å². The molecule has 0 heterocycles. The van der Waals surface area contributed by atoms with Crippen LogP contribution in [0.2, 0.25) is 0 Å². The first-order valence-corrected chi connectivity index (χ1v) is 8.71. The lowest BCUT2D eigenvalue weighted by molar-refractivity contribution is 0.370. The van der Waals surface area contributed by atoms with E-state index < -0.39 is 25.1 Å². The molecule has 0 spiro atoms. The van der Waals surface area contributed by atoms with Crippen LogP contribution in [-0.4, -0.2) is 15.9 Å².